The Labute approximate surface area is 223 Å². The Morgan fingerprint density at radius 1 is 1.14 bits per heavy atom. The zero-order valence-electron chi connectivity index (χ0n) is 20.5. The molecule has 1 unspecified atom stereocenters. The number of ether oxygens (including phenoxy) is 1. The summed E-state index contributed by atoms with van der Waals surface area (Å²) in [5.74, 6) is 1.06. The molecule has 1 aromatic heterocycles. The maximum atomic E-state index is 11.7. The number of halogens is 1. The first-order valence-electron chi connectivity index (χ1n) is 11.5. The number of hydrogen-bond acceptors (Lipinski definition) is 8. The van der Waals surface area contributed by atoms with E-state index < -0.39 is 11.0 Å². The van der Waals surface area contributed by atoms with Gasteiger partial charge in [-0.15, -0.1) is 0 Å². The van der Waals surface area contributed by atoms with Crippen molar-refractivity contribution < 1.29 is 13.7 Å². The number of methoxy groups -OCH3 is 1. The predicted octanol–water partition coefficient (Wildman–Crippen LogP) is 4.17. The molecule has 0 radical (unpaired) electrons. The molecule has 3 aromatic rings. The van der Waals surface area contributed by atoms with Crippen LogP contribution in [0.2, 0.25) is 5.02 Å². The molecule has 37 heavy (non-hydrogen) atoms. The number of carbonyl (C=O) groups excluding carboxylic acids is 1. The highest BCUT2D eigenvalue weighted by atomic mass is 35.5. The maximum Gasteiger partial charge on any atom is 0.247 e. The first-order valence-corrected chi connectivity index (χ1v) is 13.4. The minimum absolute atomic E-state index is 0.302. The number of benzene rings is 2. The number of amides is 1. The number of hydrogen-bond donors (Lipinski definition) is 3. The second kappa shape index (κ2) is 12.0. The quantitative estimate of drug-likeness (QED) is 0.346. The van der Waals surface area contributed by atoms with Crippen molar-refractivity contribution in [3.8, 4) is 5.75 Å². The molecule has 3 N–H and O–H groups in total. The normalized spacial score (nSPS) is 14.5. The number of piperazine rings is 1. The number of nitrogens with one attached hydrogen (secondary N) is 3. The molecule has 2 heterocycles. The summed E-state index contributed by atoms with van der Waals surface area (Å²) in [6, 6.07) is 13.0. The fraction of sp³-hybridized carbons (Fsp3) is 0.240. The van der Waals surface area contributed by atoms with Crippen molar-refractivity contribution in [2.75, 3.05) is 60.4 Å². The van der Waals surface area contributed by atoms with E-state index in [1.807, 2.05) is 28.6 Å². The van der Waals surface area contributed by atoms with Gasteiger partial charge in [-0.05, 0) is 36.4 Å². The van der Waals surface area contributed by atoms with Crippen molar-refractivity contribution in [1.29, 1.82) is 0 Å². The van der Waals surface area contributed by atoms with E-state index >= 15 is 0 Å². The fourth-order valence-corrected chi connectivity index (χ4v) is 4.64. The third-order valence-corrected chi connectivity index (χ3v) is 7.09. The summed E-state index contributed by atoms with van der Waals surface area (Å²) in [4.78, 5) is 22.6. The lowest BCUT2D eigenvalue weighted by Gasteiger charge is -2.34. The summed E-state index contributed by atoms with van der Waals surface area (Å²) >= 11 is 6.34. The van der Waals surface area contributed by atoms with Crippen LogP contribution in [-0.2, 0) is 15.8 Å². The lowest BCUT2D eigenvalue weighted by molar-refractivity contribution is -0.111. The Hall–Kier alpha value is -3.67. The van der Waals surface area contributed by atoms with Gasteiger partial charge in [-0.25, -0.2) is 13.5 Å². The largest absolute Gasteiger partial charge is 0.494 e. The van der Waals surface area contributed by atoms with Gasteiger partial charge in [0.2, 0.25) is 11.9 Å². The summed E-state index contributed by atoms with van der Waals surface area (Å²) in [5, 5.41) is 9.40. The van der Waals surface area contributed by atoms with Crippen molar-refractivity contribution in [3.05, 3.63) is 66.3 Å². The first-order chi connectivity index (χ1) is 17.9. The average molecular weight is 542 g/mol. The summed E-state index contributed by atoms with van der Waals surface area (Å²) in [6.45, 7) is 6.50. The molecule has 2 aromatic carbocycles. The highest BCUT2D eigenvalue weighted by Gasteiger charge is 2.20. The number of aromatic nitrogens is 2. The van der Waals surface area contributed by atoms with Crippen molar-refractivity contribution in [2.45, 2.75) is 0 Å². The number of nitrogens with zero attached hydrogens (tertiary/aromatic N) is 4. The van der Waals surface area contributed by atoms with Gasteiger partial charge in [-0.3, -0.25) is 4.79 Å². The zero-order chi connectivity index (χ0) is 26.4. The van der Waals surface area contributed by atoms with Crippen molar-refractivity contribution >= 4 is 63.0 Å². The Bertz CT molecular complexity index is 1320. The summed E-state index contributed by atoms with van der Waals surface area (Å²) in [5.41, 5.74) is 3.00. The molecule has 1 aliphatic heterocycles. The van der Waals surface area contributed by atoms with Crippen LogP contribution in [0, 0.1) is 0 Å². The third-order valence-electron chi connectivity index (χ3n) is 5.72. The molecule has 1 amide bonds. The molecule has 194 valence electrons. The molecular formula is C25H28ClN7O3S. The summed E-state index contributed by atoms with van der Waals surface area (Å²) < 4.78 is 19.3. The van der Waals surface area contributed by atoms with E-state index in [2.05, 4.69) is 37.4 Å². The molecule has 1 atom stereocenters. The number of anilines is 6. The summed E-state index contributed by atoms with van der Waals surface area (Å²) in [7, 11) is 0.654. The van der Waals surface area contributed by atoms with E-state index in [1.165, 1.54) is 12.3 Å². The third kappa shape index (κ3) is 6.76. The van der Waals surface area contributed by atoms with Crippen LogP contribution in [0.4, 0.5) is 34.5 Å². The molecule has 1 fully saturated rings. The van der Waals surface area contributed by atoms with E-state index in [-0.39, 0.29) is 5.91 Å². The molecule has 0 saturated carbocycles. The van der Waals surface area contributed by atoms with Crippen LogP contribution in [-0.4, -0.2) is 63.9 Å². The van der Waals surface area contributed by atoms with Crippen molar-refractivity contribution in [3.63, 3.8) is 0 Å². The second-order valence-electron chi connectivity index (χ2n) is 8.14. The van der Waals surface area contributed by atoms with Gasteiger partial charge in [0.05, 0.1) is 30.0 Å². The zero-order valence-corrected chi connectivity index (χ0v) is 22.1. The SMILES string of the molecule is C=CC(=O)Nc1cccc(Nc2nc(Nc3ccc(N4CCN(S(C)=O)CC4)cc3OC)ncc2Cl)c1. The van der Waals surface area contributed by atoms with Gasteiger partial charge >= 0.3 is 0 Å². The highest BCUT2D eigenvalue weighted by molar-refractivity contribution is 7.81. The Kier molecular flexibility index (Phi) is 8.59. The predicted molar refractivity (Wildman–Crippen MR) is 150 cm³/mol. The molecular weight excluding hydrogens is 514 g/mol. The Morgan fingerprint density at radius 2 is 1.89 bits per heavy atom. The van der Waals surface area contributed by atoms with Gasteiger partial charge in [-0.1, -0.05) is 24.2 Å². The van der Waals surface area contributed by atoms with Crippen molar-refractivity contribution in [1.82, 2.24) is 14.3 Å². The average Bonchev–Trinajstić information content (AvgIpc) is 2.91. The standard InChI is InChI=1S/C25H28ClN7O3S/c1-4-23(34)28-17-6-5-7-18(14-17)29-24-20(26)16-27-25(31-24)30-21-9-8-19(15-22(21)36-2)32-10-12-33(13-11-32)37(3)35/h4-9,14-16H,1,10-13H2,2-3H3,(H,28,34)(H2,27,29,30,31). The van der Waals surface area contributed by atoms with Gasteiger partial charge in [0.1, 0.15) is 10.8 Å². The Morgan fingerprint density at radius 3 is 2.59 bits per heavy atom. The highest BCUT2D eigenvalue weighted by Crippen LogP contribution is 2.33. The van der Waals surface area contributed by atoms with Gasteiger partial charge in [0.15, 0.2) is 5.82 Å². The van der Waals surface area contributed by atoms with E-state index in [9.17, 15) is 9.00 Å². The monoisotopic (exact) mass is 541 g/mol. The van der Waals surface area contributed by atoms with E-state index in [4.69, 9.17) is 16.3 Å². The topological polar surface area (TPSA) is 112 Å². The fourth-order valence-electron chi connectivity index (χ4n) is 3.82. The minimum atomic E-state index is -0.954. The van der Waals surface area contributed by atoms with Crippen LogP contribution in [0.3, 0.4) is 0 Å². The van der Waals surface area contributed by atoms with E-state index in [0.717, 1.165) is 31.9 Å². The number of rotatable bonds is 9. The maximum absolute atomic E-state index is 11.7. The Balaban J connectivity index is 1.48. The lowest BCUT2D eigenvalue weighted by Crippen LogP contribution is -2.46. The molecule has 10 nitrogen and oxygen atoms in total. The van der Waals surface area contributed by atoms with E-state index in [0.29, 0.717) is 39.6 Å². The molecule has 0 aliphatic carbocycles. The van der Waals surface area contributed by atoms with E-state index in [1.54, 1.807) is 31.6 Å². The van der Waals surface area contributed by atoms with Gasteiger partial charge in [-0.2, -0.15) is 4.98 Å². The smallest absolute Gasteiger partial charge is 0.247 e. The van der Waals surface area contributed by atoms with Crippen LogP contribution < -0.4 is 25.6 Å². The molecule has 0 spiro atoms. The second-order valence-corrected chi connectivity index (χ2v) is 9.91. The van der Waals surface area contributed by atoms with Crippen LogP contribution >= 0.6 is 11.6 Å². The lowest BCUT2D eigenvalue weighted by atomic mass is 10.2. The van der Waals surface area contributed by atoms with Crippen LogP contribution in [0.25, 0.3) is 0 Å². The van der Waals surface area contributed by atoms with Crippen molar-refractivity contribution in [2.24, 2.45) is 0 Å². The summed E-state index contributed by atoms with van der Waals surface area (Å²) in [6.07, 6.45) is 4.41. The van der Waals surface area contributed by atoms with Crippen LogP contribution in [0.1, 0.15) is 0 Å². The van der Waals surface area contributed by atoms with Gasteiger partial charge < -0.3 is 25.6 Å². The number of carbonyl (C=O) groups is 1. The minimum Gasteiger partial charge on any atom is -0.494 e. The van der Waals surface area contributed by atoms with Crippen LogP contribution in [0.5, 0.6) is 5.75 Å². The molecule has 4 rings (SSSR count). The molecule has 12 heteroatoms. The molecule has 1 saturated heterocycles. The van der Waals surface area contributed by atoms with Gasteiger partial charge in [0, 0.05) is 55.6 Å². The van der Waals surface area contributed by atoms with Gasteiger partial charge in [0.25, 0.3) is 0 Å². The van der Waals surface area contributed by atoms with Crippen LogP contribution in [0.15, 0.2) is 61.3 Å². The molecule has 0 bridgehead atoms. The first kappa shape index (κ1) is 26.4. The molecule has 1 aliphatic rings.